The van der Waals surface area contributed by atoms with E-state index in [4.69, 9.17) is 9.52 Å². The van der Waals surface area contributed by atoms with Gasteiger partial charge in [-0.1, -0.05) is 13.8 Å². The molecule has 0 aliphatic heterocycles. The molecule has 2 N–H and O–H groups in total. The van der Waals surface area contributed by atoms with Crippen molar-refractivity contribution in [1.29, 1.82) is 0 Å². The zero-order chi connectivity index (χ0) is 17.0. The molecule has 0 unspecified atom stereocenters. The number of aromatic amines is 1. The standard InChI is InChI=1S/C16H21N3O4/c1-10(2)9-19(7-6-15(20)21)16(22)13-8-12(17-18-13)14-5-4-11(3)23-14/h4-5,8,10H,6-7,9H2,1-3H3,(H,17,18)(H,20,21). The second-order valence-corrected chi connectivity index (χ2v) is 5.87. The van der Waals surface area contributed by atoms with Crippen molar-refractivity contribution >= 4 is 11.9 Å². The fraction of sp³-hybridized carbons (Fsp3) is 0.438. The number of aromatic nitrogens is 2. The molecule has 7 nitrogen and oxygen atoms in total. The average molecular weight is 319 g/mol. The Morgan fingerprint density at radius 3 is 2.70 bits per heavy atom. The molecule has 0 radical (unpaired) electrons. The van der Waals surface area contributed by atoms with Crippen LogP contribution in [0.3, 0.4) is 0 Å². The van der Waals surface area contributed by atoms with Crippen molar-refractivity contribution in [2.24, 2.45) is 5.92 Å². The number of amides is 1. The molecule has 0 saturated carbocycles. The van der Waals surface area contributed by atoms with Gasteiger partial charge in [-0.2, -0.15) is 5.10 Å². The molecular weight excluding hydrogens is 298 g/mol. The van der Waals surface area contributed by atoms with Crippen molar-refractivity contribution < 1.29 is 19.1 Å². The number of aryl methyl sites for hydroxylation is 1. The molecule has 0 atom stereocenters. The summed E-state index contributed by atoms with van der Waals surface area (Å²) in [4.78, 5) is 24.9. The maximum atomic E-state index is 12.6. The van der Waals surface area contributed by atoms with Crippen molar-refractivity contribution in [2.75, 3.05) is 13.1 Å². The molecule has 2 aromatic heterocycles. The Morgan fingerprint density at radius 1 is 1.39 bits per heavy atom. The van der Waals surface area contributed by atoms with E-state index < -0.39 is 5.97 Å². The van der Waals surface area contributed by atoms with Gasteiger partial charge in [0, 0.05) is 19.2 Å². The maximum Gasteiger partial charge on any atom is 0.305 e. The first-order valence-corrected chi connectivity index (χ1v) is 7.50. The number of nitrogens with one attached hydrogen (secondary N) is 1. The molecule has 0 saturated heterocycles. The van der Waals surface area contributed by atoms with Crippen molar-refractivity contribution in [3.05, 3.63) is 29.7 Å². The van der Waals surface area contributed by atoms with Crippen LogP contribution in [0.15, 0.2) is 22.6 Å². The van der Waals surface area contributed by atoms with E-state index >= 15 is 0 Å². The van der Waals surface area contributed by atoms with Gasteiger partial charge in [-0.05, 0) is 25.0 Å². The normalized spacial score (nSPS) is 11.0. The number of nitrogens with zero attached hydrogens (tertiary/aromatic N) is 2. The predicted octanol–water partition coefficient (Wildman–Crippen LogP) is 2.55. The highest BCUT2D eigenvalue weighted by atomic mass is 16.4. The van der Waals surface area contributed by atoms with Crippen LogP contribution < -0.4 is 0 Å². The number of carboxylic acids is 1. The highest BCUT2D eigenvalue weighted by Gasteiger charge is 2.21. The number of H-pyrrole nitrogens is 1. The summed E-state index contributed by atoms with van der Waals surface area (Å²) in [5.41, 5.74) is 0.865. The minimum atomic E-state index is -0.930. The summed E-state index contributed by atoms with van der Waals surface area (Å²) >= 11 is 0. The second-order valence-electron chi connectivity index (χ2n) is 5.87. The van der Waals surface area contributed by atoms with Gasteiger partial charge in [0.2, 0.25) is 0 Å². The fourth-order valence-electron chi connectivity index (χ4n) is 2.25. The van der Waals surface area contributed by atoms with Gasteiger partial charge < -0.3 is 14.4 Å². The van der Waals surface area contributed by atoms with Crippen molar-refractivity contribution in [1.82, 2.24) is 15.1 Å². The largest absolute Gasteiger partial charge is 0.481 e. The van der Waals surface area contributed by atoms with Gasteiger partial charge in [0.25, 0.3) is 5.91 Å². The number of rotatable bonds is 7. The Labute approximate surface area is 134 Å². The molecule has 0 bridgehead atoms. The van der Waals surface area contributed by atoms with Crippen LogP contribution in [0.25, 0.3) is 11.5 Å². The van der Waals surface area contributed by atoms with Crippen LogP contribution in [-0.2, 0) is 4.79 Å². The SMILES string of the molecule is Cc1ccc(-c2cc(C(=O)N(CCC(=O)O)CC(C)C)n[nH]2)o1. The quantitative estimate of drug-likeness (QED) is 0.817. The molecule has 124 valence electrons. The number of furan rings is 1. The molecule has 0 aliphatic carbocycles. The molecule has 7 heteroatoms. The number of hydrogen-bond donors (Lipinski definition) is 2. The molecular formula is C16H21N3O4. The lowest BCUT2D eigenvalue weighted by atomic mass is 10.2. The number of aliphatic carboxylic acids is 1. The molecule has 0 aromatic carbocycles. The van der Waals surface area contributed by atoms with Gasteiger partial charge in [-0.3, -0.25) is 14.7 Å². The van der Waals surface area contributed by atoms with E-state index in [0.29, 0.717) is 18.0 Å². The van der Waals surface area contributed by atoms with E-state index in [9.17, 15) is 9.59 Å². The first kappa shape index (κ1) is 16.8. The molecule has 0 fully saturated rings. The fourth-order valence-corrected chi connectivity index (χ4v) is 2.25. The van der Waals surface area contributed by atoms with Crippen LogP contribution in [-0.4, -0.2) is 45.2 Å². The smallest absolute Gasteiger partial charge is 0.305 e. The summed E-state index contributed by atoms with van der Waals surface area (Å²) < 4.78 is 5.49. The lowest BCUT2D eigenvalue weighted by molar-refractivity contribution is -0.137. The van der Waals surface area contributed by atoms with Crippen LogP contribution in [0.2, 0.25) is 0 Å². The van der Waals surface area contributed by atoms with E-state index in [1.165, 1.54) is 4.90 Å². The molecule has 2 rings (SSSR count). The summed E-state index contributed by atoms with van der Waals surface area (Å²) in [6.07, 6.45) is -0.0902. The highest BCUT2D eigenvalue weighted by molar-refractivity contribution is 5.93. The third-order valence-electron chi connectivity index (χ3n) is 3.27. The molecule has 0 aliphatic rings. The molecule has 23 heavy (non-hydrogen) atoms. The van der Waals surface area contributed by atoms with Gasteiger partial charge in [0.15, 0.2) is 11.5 Å². The Kier molecular flexibility index (Phi) is 5.20. The highest BCUT2D eigenvalue weighted by Crippen LogP contribution is 2.21. The van der Waals surface area contributed by atoms with E-state index in [2.05, 4.69) is 10.2 Å². The summed E-state index contributed by atoms with van der Waals surface area (Å²) in [5, 5.41) is 15.6. The zero-order valence-electron chi connectivity index (χ0n) is 13.5. The van der Waals surface area contributed by atoms with Crippen LogP contribution in [0.1, 0.15) is 36.5 Å². The first-order valence-electron chi connectivity index (χ1n) is 7.50. The van der Waals surface area contributed by atoms with Gasteiger partial charge >= 0.3 is 5.97 Å². The topological polar surface area (TPSA) is 99.4 Å². The van der Waals surface area contributed by atoms with E-state index in [0.717, 1.165) is 5.76 Å². The summed E-state index contributed by atoms with van der Waals surface area (Å²) in [6, 6.07) is 5.25. The van der Waals surface area contributed by atoms with Gasteiger partial charge in [-0.15, -0.1) is 0 Å². The molecule has 1 amide bonds. The summed E-state index contributed by atoms with van der Waals surface area (Å²) in [6.45, 7) is 6.43. The summed E-state index contributed by atoms with van der Waals surface area (Å²) in [7, 11) is 0. The number of carboxylic acid groups (broad SMARTS) is 1. The molecule has 0 spiro atoms. The van der Waals surface area contributed by atoms with E-state index in [-0.39, 0.29) is 30.5 Å². The summed E-state index contributed by atoms with van der Waals surface area (Å²) in [5.74, 6) is 0.394. The van der Waals surface area contributed by atoms with E-state index in [1.807, 2.05) is 26.8 Å². The Morgan fingerprint density at radius 2 is 2.13 bits per heavy atom. The minimum Gasteiger partial charge on any atom is -0.481 e. The first-order chi connectivity index (χ1) is 10.9. The van der Waals surface area contributed by atoms with Crippen molar-refractivity contribution in [3.63, 3.8) is 0 Å². The Balaban J connectivity index is 2.15. The van der Waals surface area contributed by atoms with Crippen LogP contribution in [0, 0.1) is 12.8 Å². The molecule has 2 aromatic rings. The van der Waals surface area contributed by atoms with Crippen LogP contribution in [0.4, 0.5) is 0 Å². The lowest BCUT2D eigenvalue weighted by Crippen LogP contribution is -2.36. The van der Waals surface area contributed by atoms with Gasteiger partial charge in [0.1, 0.15) is 11.5 Å². The number of carbonyl (C=O) groups is 2. The number of hydrogen-bond acceptors (Lipinski definition) is 4. The van der Waals surface area contributed by atoms with Gasteiger partial charge in [0.05, 0.1) is 6.42 Å². The minimum absolute atomic E-state index is 0.0902. The zero-order valence-corrected chi connectivity index (χ0v) is 13.5. The van der Waals surface area contributed by atoms with Crippen molar-refractivity contribution in [3.8, 4) is 11.5 Å². The Hall–Kier alpha value is -2.57. The Bertz CT molecular complexity index is 687. The monoisotopic (exact) mass is 319 g/mol. The lowest BCUT2D eigenvalue weighted by Gasteiger charge is -2.22. The second kappa shape index (κ2) is 7.13. The van der Waals surface area contributed by atoms with Gasteiger partial charge in [-0.25, -0.2) is 0 Å². The van der Waals surface area contributed by atoms with E-state index in [1.54, 1.807) is 12.1 Å². The van der Waals surface area contributed by atoms with Crippen molar-refractivity contribution in [2.45, 2.75) is 27.2 Å². The third-order valence-corrected chi connectivity index (χ3v) is 3.27. The van der Waals surface area contributed by atoms with Crippen LogP contribution in [0.5, 0.6) is 0 Å². The number of carbonyl (C=O) groups excluding carboxylic acids is 1. The average Bonchev–Trinajstić information content (AvgIpc) is 3.10. The third kappa shape index (κ3) is 4.45. The maximum absolute atomic E-state index is 12.6. The molecule has 2 heterocycles. The van der Waals surface area contributed by atoms with Crippen LogP contribution >= 0.6 is 0 Å². The predicted molar refractivity (Wildman–Crippen MR) is 84.0 cm³/mol.